The third-order valence-electron chi connectivity index (χ3n) is 3.70. The zero-order valence-corrected chi connectivity index (χ0v) is 9.14. The van der Waals surface area contributed by atoms with Crippen LogP contribution in [0.15, 0.2) is 0 Å². The molecular weight excluding hydrogens is 176 g/mol. The summed E-state index contributed by atoms with van der Waals surface area (Å²) in [4.78, 5) is 0. The molecule has 0 bridgehead atoms. The summed E-state index contributed by atoms with van der Waals surface area (Å²) >= 11 is 0. The van der Waals surface area contributed by atoms with Gasteiger partial charge in [-0.05, 0) is 38.6 Å². The van der Waals surface area contributed by atoms with Crippen LogP contribution >= 0.6 is 0 Å². The zero-order valence-electron chi connectivity index (χ0n) is 9.14. The van der Waals surface area contributed by atoms with Gasteiger partial charge in [0.15, 0.2) is 0 Å². The molecule has 82 valence electrons. The Kier molecular flexibility index (Phi) is 3.42. The van der Waals surface area contributed by atoms with E-state index in [1.807, 2.05) is 7.11 Å². The van der Waals surface area contributed by atoms with Crippen LogP contribution in [0.4, 0.5) is 0 Å². The predicted octanol–water partition coefficient (Wildman–Crippen LogP) is 0.897. The number of hydrogen-bond acceptors (Lipinski definition) is 3. The zero-order chi connectivity index (χ0) is 9.86. The molecule has 1 saturated carbocycles. The maximum atomic E-state index is 5.56. The summed E-state index contributed by atoms with van der Waals surface area (Å²) in [5.74, 6) is 0. The Hall–Kier alpha value is -0.120. The summed E-state index contributed by atoms with van der Waals surface area (Å²) < 4.78 is 5.56. The van der Waals surface area contributed by atoms with Gasteiger partial charge in [-0.1, -0.05) is 0 Å². The van der Waals surface area contributed by atoms with Gasteiger partial charge in [0, 0.05) is 26.2 Å². The fraction of sp³-hybridized carbons (Fsp3) is 1.00. The smallest absolute Gasteiger partial charge is 0.0802 e. The van der Waals surface area contributed by atoms with Gasteiger partial charge in [0.1, 0.15) is 0 Å². The molecule has 2 fully saturated rings. The van der Waals surface area contributed by atoms with E-state index in [1.165, 1.54) is 38.6 Å². The first-order valence-corrected chi connectivity index (χ1v) is 5.84. The lowest BCUT2D eigenvalue weighted by Crippen LogP contribution is -2.49. The van der Waals surface area contributed by atoms with Crippen LogP contribution < -0.4 is 10.6 Å². The molecule has 1 unspecified atom stereocenters. The van der Waals surface area contributed by atoms with Crippen molar-refractivity contribution in [1.29, 1.82) is 0 Å². The molecule has 2 N–H and O–H groups in total. The Morgan fingerprint density at radius 3 is 2.79 bits per heavy atom. The minimum Gasteiger partial charge on any atom is -0.377 e. The number of rotatable bonds is 5. The van der Waals surface area contributed by atoms with Gasteiger partial charge in [-0.25, -0.2) is 0 Å². The summed E-state index contributed by atoms with van der Waals surface area (Å²) in [5.41, 5.74) is 0.179. The summed E-state index contributed by atoms with van der Waals surface area (Å²) in [6.07, 6.45) is 6.45. The van der Waals surface area contributed by atoms with Crippen molar-refractivity contribution in [3.05, 3.63) is 0 Å². The molecule has 14 heavy (non-hydrogen) atoms. The second-order valence-corrected chi connectivity index (χ2v) is 4.66. The minimum absolute atomic E-state index is 0.179. The van der Waals surface area contributed by atoms with E-state index in [-0.39, 0.29) is 5.60 Å². The average Bonchev–Trinajstić information content (AvgIpc) is 2.62. The van der Waals surface area contributed by atoms with Gasteiger partial charge in [-0.3, -0.25) is 0 Å². The standard InChI is InChI=1S/C11H22N2O/c1-14-11(5-3-6-11)9-12-8-10-4-2-7-13-10/h10,12-13H,2-9H2,1H3. The van der Waals surface area contributed by atoms with Crippen molar-refractivity contribution < 1.29 is 4.74 Å². The molecule has 2 rings (SSSR count). The van der Waals surface area contributed by atoms with E-state index in [4.69, 9.17) is 4.74 Å². The topological polar surface area (TPSA) is 33.3 Å². The van der Waals surface area contributed by atoms with Gasteiger partial charge in [0.25, 0.3) is 0 Å². The van der Waals surface area contributed by atoms with Gasteiger partial charge in [-0.2, -0.15) is 0 Å². The second kappa shape index (κ2) is 4.60. The van der Waals surface area contributed by atoms with Crippen LogP contribution in [0.1, 0.15) is 32.1 Å². The van der Waals surface area contributed by atoms with Gasteiger partial charge in [0.05, 0.1) is 5.60 Å². The van der Waals surface area contributed by atoms with E-state index in [9.17, 15) is 0 Å². The Bertz CT molecular complexity index is 169. The number of ether oxygens (including phenoxy) is 1. The first-order chi connectivity index (χ1) is 6.85. The van der Waals surface area contributed by atoms with Crippen molar-refractivity contribution in [2.45, 2.75) is 43.7 Å². The number of hydrogen-bond donors (Lipinski definition) is 2. The fourth-order valence-corrected chi connectivity index (χ4v) is 2.43. The number of nitrogens with one attached hydrogen (secondary N) is 2. The quantitative estimate of drug-likeness (QED) is 0.688. The van der Waals surface area contributed by atoms with Crippen LogP contribution in [0.25, 0.3) is 0 Å². The van der Waals surface area contributed by atoms with Crippen molar-refractivity contribution in [3.63, 3.8) is 0 Å². The summed E-state index contributed by atoms with van der Waals surface area (Å²) in [7, 11) is 1.84. The molecule has 3 heteroatoms. The third kappa shape index (κ3) is 2.27. The van der Waals surface area contributed by atoms with Crippen LogP contribution in [0.3, 0.4) is 0 Å². The van der Waals surface area contributed by atoms with E-state index in [2.05, 4.69) is 10.6 Å². The molecule has 2 aliphatic rings. The SMILES string of the molecule is COC1(CNCC2CCCN2)CCC1. The van der Waals surface area contributed by atoms with Crippen molar-refractivity contribution in [2.24, 2.45) is 0 Å². The number of methoxy groups -OCH3 is 1. The highest BCUT2D eigenvalue weighted by molar-refractivity contribution is 4.92. The maximum Gasteiger partial charge on any atom is 0.0802 e. The maximum absolute atomic E-state index is 5.56. The van der Waals surface area contributed by atoms with Crippen LogP contribution in [0.5, 0.6) is 0 Å². The van der Waals surface area contributed by atoms with Gasteiger partial charge in [0.2, 0.25) is 0 Å². The molecule has 0 aromatic carbocycles. The third-order valence-corrected chi connectivity index (χ3v) is 3.70. The molecule has 1 atom stereocenters. The van der Waals surface area contributed by atoms with Gasteiger partial charge < -0.3 is 15.4 Å². The average molecular weight is 198 g/mol. The summed E-state index contributed by atoms with van der Waals surface area (Å²) in [5, 5.41) is 7.03. The Morgan fingerprint density at radius 2 is 2.29 bits per heavy atom. The molecule has 1 aliphatic heterocycles. The second-order valence-electron chi connectivity index (χ2n) is 4.66. The Labute approximate surface area is 86.6 Å². The van der Waals surface area contributed by atoms with Crippen molar-refractivity contribution in [1.82, 2.24) is 10.6 Å². The van der Waals surface area contributed by atoms with Crippen LogP contribution in [0.2, 0.25) is 0 Å². The first kappa shape index (κ1) is 10.4. The van der Waals surface area contributed by atoms with E-state index < -0.39 is 0 Å². The highest BCUT2D eigenvalue weighted by Gasteiger charge is 2.36. The molecule has 0 aromatic rings. The Morgan fingerprint density at radius 1 is 1.43 bits per heavy atom. The lowest BCUT2D eigenvalue weighted by Gasteiger charge is -2.40. The molecular formula is C11H22N2O. The Balaban J connectivity index is 1.61. The molecule has 0 radical (unpaired) electrons. The monoisotopic (exact) mass is 198 g/mol. The van der Waals surface area contributed by atoms with Crippen LogP contribution in [-0.4, -0.2) is 38.4 Å². The minimum atomic E-state index is 0.179. The lowest BCUT2D eigenvalue weighted by atomic mass is 9.80. The molecule has 0 aromatic heterocycles. The molecule has 0 spiro atoms. The molecule has 1 aliphatic carbocycles. The highest BCUT2D eigenvalue weighted by atomic mass is 16.5. The molecule has 1 saturated heterocycles. The predicted molar refractivity (Wildman–Crippen MR) is 57.5 cm³/mol. The van der Waals surface area contributed by atoms with E-state index in [1.54, 1.807) is 0 Å². The normalized spacial score (nSPS) is 30.2. The largest absolute Gasteiger partial charge is 0.377 e. The molecule has 3 nitrogen and oxygen atoms in total. The van der Waals surface area contributed by atoms with Crippen molar-refractivity contribution in [2.75, 3.05) is 26.7 Å². The fourth-order valence-electron chi connectivity index (χ4n) is 2.43. The van der Waals surface area contributed by atoms with Gasteiger partial charge >= 0.3 is 0 Å². The van der Waals surface area contributed by atoms with Crippen LogP contribution in [0, 0.1) is 0 Å². The summed E-state index contributed by atoms with van der Waals surface area (Å²) in [6, 6.07) is 0.698. The van der Waals surface area contributed by atoms with E-state index >= 15 is 0 Å². The van der Waals surface area contributed by atoms with E-state index in [0.717, 1.165) is 13.1 Å². The van der Waals surface area contributed by atoms with E-state index in [0.29, 0.717) is 6.04 Å². The van der Waals surface area contributed by atoms with Crippen molar-refractivity contribution >= 4 is 0 Å². The molecule has 1 heterocycles. The van der Waals surface area contributed by atoms with Crippen LogP contribution in [-0.2, 0) is 4.74 Å². The van der Waals surface area contributed by atoms with Gasteiger partial charge in [-0.15, -0.1) is 0 Å². The molecule has 0 amide bonds. The van der Waals surface area contributed by atoms with Crippen molar-refractivity contribution in [3.8, 4) is 0 Å². The highest BCUT2D eigenvalue weighted by Crippen LogP contribution is 2.34. The summed E-state index contributed by atoms with van der Waals surface area (Å²) in [6.45, 7) is 3.33. The first-order valence-electron chi connectivity index (χ1n) is 5.84. The lowest BCUT2D eigenvalue weighted by molar-refractivity contribution is -0.0694.